The molecule has 1 atom stereocenters. The average molecular weight is 499 g/mol. The largest absolute Gasteiger partial charge is 0.454 e. The first-order chi connectivity index (χ1) is 17.9. The molecule has 3 aliphatic heterocycles. The summed E-state index contributed by atoms with van der Waals surface area (Å²) in [4.78, 5) is 45.2. The van der Waals surface area contributed by atoms with E-state index in [2.05, 4.69) is 5.32 Å². The number of anilines is 2. The molecular weight excluding hydrogens is 472 g/mol. The molecule has 9 nitrogen and oxygen atoms in total. The van der Waals surface area contributed by atoms with Crippen LogP contribution in [-0.4, -0.2) is 74.1 Å². The van der Waals surface area contributed by atoms with Crippen LogP contribution < -0.4 is 19.7 Å². The van der Waals surface area contributed by atoms with Crippen LogP contribution in [0.2, 0.25) is 0 Å². The Balaban J connectivity index is 1.24. The predicted molar refractivity (Wildman–Crippen MR) is 138 cm³/mol. The highest BCUT2D eigenvalue weighted by Crippen LogP contribution is 2.37. The zero-order chi connectivity index (χ0) is 25.7. The number of amides is 3. The summed E-state index contributed by atoms with van der Waals surface area (Å²) in [6, 6.07) is 17.6. The fourth-order valence-corrected chi connectivity index (χ4v) is 4.98. The Morgan fingerprint density at radius 3 is 2.43 bits per heavy atom. The molecule has 0 aromatic heterocycles. The molecule has 0 bridgehead atoms. The molecule has 6 rings (SSSR count). The van der Waals surface area contributed by atoms with Crippen LogP contribution >= 0.6 is 0 Å². The SMILES string of the molecule is CN(C)c1ccc(C(=O)N2CCN3C(=O)c4cc(-c5ccc6c(c5)OCO6)ccc4NC(=O)C3C2)cc1. The highest BCUT2D eigenvalue weighted by Gasteiger charge is 2.40. The van der Waals surface area contributed by atoms with Crippen LogP contribution in [0.15, 0.2) is 60.7 Å². The maximum absolute atomic E-state index is 13.6. The van der Waals surface area contributed by atoms with Crippen molar-refractivity contribution in [1.29, 1.82) is 0 Å². The Labute approximate surface area is 214 Å². The Morgan fingerprint density at radius 1 is 0.919 bits per heavy atom. The van der Waals surface area contributed by atoms with Crippen LogP contribution in [0, 0.1) is 0 Å². The van der Waals surface area contributed by atoms with E-state index in [-0.39, 0.29) is 37.6 Å². The van der Waals surface area contributed by atoms with Gasteiger partial charge in [0.05, 0.1) is 17.8 Å². The lowest BCUT2D eigenvalue weighted by molar-refractivity contribution is -0.121. The van der Waals surface area contributed by atoms with Crippen molar-refractivity contribution in [1.82, 2.24) is 9.80 Å². The third-order valence-corrected chi connectivity index (χ3v) is 7.08. The molecule has 37 heavy (non-hydrogen) atoms. The highest BCUT2D eigenvalue weighted by atomic mass is 16.7. The number of fused-ring (bicyclic) bond motifs is 3. The summed E-state index contributed by atoms with van der Waals surface area (Å²) in [5.41, 5.74) is 4.14. The van der Waals surface area contributed by atoms with Gasteiger partial charge in [-0.15, -0.1) is 0 Å². The van der Waals surface area contributed by atoms with E-state index < -0.39 is 6.04 Å². The van der Waals surface area contributed by atoms with Crippen LogP contribution in [0.3, 0.4) is 0 Å². The fraction of sp³-hybridized carbons (Fsp3) is 0.250. The monoisotopic (exact) mass is 498 g/mol. The topological polar surface area (TPSA) is 91.4 Å². The molecule has 1 fully saturated rings. The van der Waals surface area contributed by atoms with Gasteiger partial charge in [0.2, 0.25) is 12.7 Å². The Kier molecular flexibility index (Phi) is 5.48. The van der Waals surface area contributed by atoms with Gasteiger partial charge in [0, 0.05) is 38.4 Å². The van der Waals surface area contributed by atoms with E-state index in [1.807, 2.05) is 55.4 Å². The van der Waals surface area contributed by atoms with E-state index in [1.54, 1.807) is 34.1 Å². The van der Waals surface area contributed by atoms with E-state index in [0.717, 1.165) is 16.8 Å². The molecular formula is C28H26N4O5. The lowest BCUT2D eigenvalue weighted by Crippen LogP contribution is -2.59. The van der Waals surface area contributed by atoms with Gasteiger partial charge in [0.1, 0.15) is 6.04 Å². The van der Waals surface area contributed by atoms with Crippen molar-refractivity contribution < 1.29 is 23.9 Å². The summed E-state index contributed by atoms with van der Waals surface area (Å²) in [6.07, 6.45) is 0. The number of benzene rings is 3. The molecule has 0 radical (unpaired) electrons. The van der Waals surface area contributed by atoms with Gasteiger partial charge in [-0.05, 0) is 59.7 Å². The van der Waals surface area contributed by atoms with Gasteiger partial charge in [0.15, 0.2) is 11.5 Å². The lowest BCUT2D eigenvalue weighted by Gasteiger charge is -2.39. The molecule has 3 aliphatic rings. The Morgan fingerprint density at radius 2 is 1.65 bits per heavy atom. The first-order valence-corrected chi connectivity index (χ1v) is 12.1. The number of ether oxygens (including phenoxy) is 2. The van der Waals surface area contributed by atoms with Gasteiger partial charge in [0.25, 0.3) is 11.8 Å². The van der Waals surface area contributed by atoms with E-state index in [1.165, 1.54) is 0 Å². The highest BCUT2D eigenvalue weighted by molar-refractivity contribution is 6.11. The number of nitrogens with one attached hydrogen (secondary N) is 1. The number of carbonyl (C=O) groups is 3. The van der Waals surface area contributed by atoms with Crippen molar-refractivity contribution in [2.75, 3.05) is 50.7 Å². The van der Waals surface area contributed by atoms with Crippen molar-refractivity contribution in [2.45, 2.75) is 6.04 Å². The van der Waals surface area contributed by atoms with Crippen LogP contribution in [-0.2, 0) is 4.79 Å². The van der Waals surface area contributed by atoms with Crippen LogP contribution in [0.25, 0.3) is 11.1 Å². The maximum Gasteiger partial charge on any atom is 0.256 e. The molecule has 0 spiro atoms. The number of nitrogens with zero attached hydrogens (tertiary/aromatic N) is 3. The Bertz CT molecular complexity index is 1420. The van der Waals surface area contributed by atoms with E-state index in [9.17, 15) is 14.4 Å². The van der Waals surface area contributed by atoms with Gasteiger partial charge < -0.3 is 29.5 Å². The summed E-state index contributed by atoms with van der Waals surface area (Å²) in [5, 5.41) is 2.90. The van der Waals surface area contributed by atoms with Gasteiger partial charge in [-0.25, -0.2) is 0 Å². The van der Waals surface area contributed by atoms with E-state index in [0.29, 0.717) is 34.9 Å². The zero-order valence-electron chi connectivity index (χ0n) is 20.6. The smallest absolute Gasteiger partial charge is 0.256 e. The third-order valence-electron chi connectivity index (χ3n) is 7.08. The molecule has 3 aromatic carbocycles. The average Bonchev–Trinajstić information content (AvgIpc) is 3.36. The minimum absolute atomic E-state index is 0.134. The van der Waals surface area contributed by atoms with Gasteiger partial charge in [-0.1, -0.05) is 12.1 Å². The zero-order valence-corrected chi connectivity index (χ0v) is 20.6. The fourth-order valence-electron chi connectivity index (χ4n) is 4.98. The van der Waals surface area contributed by atoms with E-state index >= 15 is 0 Å². The molecule has 188 valence electrons. The van der Waals surface area contributed by atoms with Crippen molar-refractivity contribution in [3.05, 3.63) is 71.8 Å². The summed E-state index contributed by atoms with van der Waals surface area (Å²) >= 11 is 0. The number of piperazine rings is 1. The quantitative estimate of drug-likeness (QED) is 0.597. The molecule has 0 saturated carbocycles. The molecule has 9 heteroatoms. The normalized spacial score (nSPS) is 18.1. The van der Waals surface area contributed by atoms with E-state index in [4.69, 9.17) is 9.47 Å². The molecule has 3 heterocycles. The molecule has 0 aliphatic carbocycles. The third kappa shape index (κ3) is 4.02. The van der Waals surface area contributed by atoms with Crippen molar-refractivity contribution >= 4 is 29.1 Å². The summed E-state index contributed by atoms with van der Waals surface area (Å²) in [5.74, 6) is 0.652. The molecule has 3 aromatic rings. The van der Waals surface area contributed by atoms with Crippen molar-refractivity contribution in [3.63, 3.8) is 0 Å². The van der Waals surface area contributed by atoms with Gasteiger partial charge >= 0.3 is 0 Å². The molecule has 1 unspecified atom stereocenters. The second-order valence-electron chi connectivity index (χ2n) is 9.52. The summed E-state index contributed by atoms with van der Waals surface area (Å²) < 4.78 is 10.9. The number of carbonyl (C=O) groups excluding carboxylic acids is 3. The van der Waals surface area contributed by atoms with Crippen LogP contribution in [0.5, 0.6) is 11.5 Å². The minimum Gasteiger partial charge on any atom is -0.454 e. The summed E-state index contributed by atoms with van der Waals surface area (Å²) in [7, 11) is 3.88. The second kappa shape index (κ2) is 8.85. The van der Waals surface area contributed by atoms with Crippen LogP contribution in [0.4, 0.5) is 11.4 Å². The lowest BCUT2D eigenvalue weighted by atomic mass is 10.0. The number of rotatable bonds is 3. The standard InChI is InChI=1S/C28H26N4O5/c1-30(2)20-7-3-17(4-8-20)27(34)31-11-12-32-23(15-31)26(33)29-22-9-5-18(13-21(22)28(32)35)19-6-10-24-25(14-19)37-16-36-24/h3-10,13-14,23H,11-12,15-16H2,1-2H3,(H,29,33). The first-order valence-electron chi connectivity index (χ1n) is 12.1. The first kappa shape index (κ1) is 22.9. The maximum atomic E-state index is 13.6. The number of hydrogen-bond acceptors (Lipinski definition) is 6. The second-order valence-corrected chi connectivity index (χ2v) is 9.52. The minimum atomic E-state index is -0.771. The van der Waals surface area contributed by atoms with Crippen molar-refractivity contribution in [2.24, 2.45) is 0 Å². The van der Waals surface area contributed by atoms with Crippen LogP contribution in [0.1, 0.15) is 20.7 Å². The molecule has 1 N–H and O–H groups in total. The molecule has 1 saturated heterocycles. The van der Waals surface area contributed by atoms with Gasteiger partial charge in [-0.3, -0.25) is 14.4 Å². The molecule has 3 amide bonds. The number of hydrogen-bond donors (Lipinski definition) is 1. The predicted octanol–water partition coefficient (Wildman–Crippen LogP) is 3.07. The van der Waals surface area contributed by atoms with Crippen molar-refractivity contribution in [3.8, 4) is 22.6 Å². The Hall–Kier alpha value is -4.53. The summed E-state index contributed by atoms with van der Waals surface area (Å²) in [6.45, 7) is 0.937. The van der Waals surface area contributed by atoms with Gasteiger partial charge in [-0.2, -0.15) is 0 Å².